The summed E-state index contributed by atoms with van der Waals surface area (Å²) in [7, 11) is -2.83. The highest BCUT2D eigenvalue weighted by Gasteiger charge is 2.53. The molecule has 0 radical (unpaired) electrons. The summed E-state index contributed by atoms with van der Waals surface area (Å²) in [4.78, 5) is 4.54. The van der Waals surface area contributed by atoms with Crippen molar-refractivity contribution < 1.29 is 21.6 Å². The average Bonchev–Trinajstić information content (AvgIpc) is 2.98. The predicted octanol–water partition coefficient (Wildman–Crippen LogP) is 2.79. The van der Waals surface area contributed by atoms with Crippen molar-refractivity contribution in [1.29, 1.82) is 0 Å². The number of sulfone groups is 1. The van der Waals surface area contributed by atoms with E-state index in [0.717, 1.165) is 63.3 Å². The Morgan fingerprint density at radius 2 is 1.77 bits per heavy atom. The van der Waals surface area contributed by atoms with Gasteiger partial charge in [-0.15, -0.1) is 0 Å². The van der Waals surface area contributed by atoms with Gasteiger partial charge in [0.2, 0.25) is 0 Å². The fourth-order valence-electron chi connectivity index (χ4n) is 4.76. The van der Waals surface area contributed by atoms with Crippen molar-refractivity contribution in [3.8, 4) is 0 Å². The molecule has 0 saturated carbocycles. The SMILES string of the molecule is O=S1(=O)CC2(CCN(C3CCCN(c4ccc(C(F)(F)F)cc4)C3)C2)C1. The molecule has 1 aromatic carbocycles. The van der Waals surface area contributed by atoms with Crippen LogP contribution in [0.15, 0.2) is 24.3 Å². The van der Waals surface area contributed by atoms with Crippen molar-refractivity contribution in [1.82, 2.24) is 4.90 Å². The Morgan fingerprint density at radius 1 is 1.08 bits per heavy atom. The lowest BCUT2D eigenvalue weighted by atomic mass is 9.91. The summed E-state index contributed by atoms with van der Waals surface area (Å²) in [6, 6.07) is 5.73. The number of hydrogen-bond donors (Lipinski definition) is 0. The highest BCUT2D eigenvalue weighted by Crippen LogP contribution is 2.42. The van der Waals surface area contributed by atoms with Crippen LogP contribution in [0.3, 0.4) is 0 Å². The molecule has 144 valence electrons. The first-order valence-corrected chi connectivity index (χ1v) is 10.8. The van der Waals surface area contributed by atoms with Crippen LogP contribution in [0.1, 0.15) is 24.8 Å². The third-order valence-corrected chi connectivity index (χ3v) is 8.10. The maximum Gasteiger partial charge on any atom is 0.416 e. The lowest BCUT2D eigenvalue weighted by Gasteiger charge is -2.41. The second kappa shape index (κ2) is 6.12. The van der Waals surface area contributed by atoms with Gasteiger partial charge in [0, 0.05) is 36.8 Å². The van der Waals surface area contributed by atoms with Gasteiger partial charge in [-0.2, -0.15) is 13.2 Å². The van der Waals surface area contributed by atoms with Crippen molar-refractivity contribution in [2.75, 3.05) is 42.6 Å². The minimum Gasteiger partial charge on any atom is -0.370 e. The van der Waals surface area contributed by atoms with E-state index in [1.165, 1.54) is 0 Å². The number of benzene rings is 1. The van der Waals surface area contributed by atoms with Crippen LogP contribution in [-0.2, 0) is 16.0 Å². The van der Waals surface area contributed by atoms with Crippen LogP contribution in [0.2, 0.25) is 0 Å². The van der Waals surface area contributed by atoms with Crippen LogP contribution in [0.25, 0.3) is 0 Å². The molecule has 0 aromatic heterocycles. The molecule has 26 heavy (non-hydrogen) atoms. The predicted molar refractivity (Wildman–Crippen MR) is 94.0 cm³/mol. The molecule has 3 heterocycles. The van der Waals surface area contributed by atoms with Crippen LogP contribution in [0.5, 0.6) is 0 Å². The Bertz CT molecular complexity index is 765. The molecule has 3 aliphatic heterocycles. The van der Waals surface area contributed by atoms with Crippen LogP contribution < -0.4 is 4.90 Å². The van der Waals surface area contributed by atoms with Crippen LogP contribution in [-0.4, -0.2) is 57.0 Å². The largest absolute Gasteiger partial charge is 0.416 e. The van der Waals surface area contributed by atoms with E-state index >= 15 is 0 Å². The number of alkyl halides is 3. The van der Waals surface area contributed by atoms with E-state index in [1.54, 1.807) is 12.1 Å². The van der Waals surface area contributed by atoms with Gasteiger partial charge in [-0.3, -0.25) is 4.90 Å². The molecule has 1 atom stereocenters. The molecule has 3 fully saturated rings. The monoisotopic (exact) mass is 388 g/mol. The zero-order chi connectivity index (χ0) is 18.6. The molecule has 1 aromatic rings. The second-order valence-electron chi connectivity index (χ2n) is 8.04. The molecule has 4 nitrogen and oxygen atoms in total. The molecule has 0 N–H and O–H groups in total. The van der Waals surface area contributed by atoms with Gasteiger partial charge in [0.05, 0.1) is 17.1 Å². The number of piperidine rings is 1. The molecule has 0 amide bonds. The van der Waals surface area contributed by atoms with Gasteiger partial charge in [-0.1, -0.05) is 0 Å². The smallest absolute Gasteiger partial charge is 0.370 e. The maximum atomic E-state index is 12.7. The molecule has 0 aliphatic carbocycles. The first-order chi connectivity index (χ1) is 12.2. The normalized spacial score (nSPS) is 28.3. The van der Waals surface area contributed by atoms with Crippen molar-refractivity contribution >= 4 is 15.5 Å². The van der Waals surface area contributed by atoms with Gasteiger partial charge in [-0.05, 0) is 50.1 Å². The summed E-state index contributed by atoms with van der Waals surface area (Å²) < 4.78 is 61.3. The Balaban J connectivity index is 1.40. The fraction of sp³-hybridized carbons (Fsp3) is 0.667. The van der Waals surface area contributed by atoms with Crippen LogP contribution in [0, 0.1) is 5.41 Å². The summed E-state index contributed by atoms with van der Waals surface area (Å²) in [5.74, 6) is 0.623. The van der Waals surface area contributed by atoms with E-state index < -0.39 is 21.6 Å². The summed E-state index contributed by atoms with van der Waals surface area (Å²) >= 11 is 0. The number of hydrogen-bond acceptors (Lipinski definition) is 4. The third-order valence-electron chi connectivity index (χ3n) is 5.99. The topological polar surface area (TPSA) is 40.6 Å². The van der Waals surface area contributed by atoms with E-state index in [0.29, 0.717) is 17.5 Å². The van der Waals surface area contributed by atoms with Gasteiger partial charge in [0.25, 0.3) is 0 Å². The zero-order valence-corrected chi connectivity index (χ0v) is 15.3. The number of nitrogens with zero attached hydrogens (tertiary/aromatic N) is 2. The number of halogens is 3. The molecule has 1 unspecified atom stereocenters. The van der Waals surface area contributed by atoms with Crippen molar-refractivity contribution in [3.05, 3.63) is 29.8 Å². The second-order valence-corrected chi connectivity index (χ2v) is 10.1. The lowest BCUT2D eigenvalue weighted by molar-refractivity contribution is -0.137. The minimum atomic E-state index is -4.31. The fourth-order valence-corrected chi connectivity index (χ4v) is 7.01. The average molecular weight is 388 g/mol. The van der Waals surface area contributed by atoms with E-state index in [4.69, 9.17) is 0 Å². The van der Waals surface area contributed by atoms with E-state index in [9.17, 15) is 21.6 Å². The van der Waals surface area contributed by atoms with Crippen molar-refractivity contribution in [2.24, 2.45) is 5.41 Å². The molecular formula is C18H23F3N2O2S. The molecule has 0 bridgehead atoms. The van der Waals surface area contributed by atoms with Crippen molar-refractivity contribution in [2.45, 2.75) is 31.5 Å². The van der Waals surface area contributed by atoms with E-state index in [1.807, 2.05) is 0 Å². The molecule has 3 saturated heterocycles. The minimum absolute atomic E-state index is 0.0462. The molecule has 8 heteroatoms. The Kier molecular flexibility index (Phi) is 4.26. The maximum absolute atomic E-state index is 12.7. The Hall–Kier alpha value is -1.28. The van der Waals surface area contributed by atoms with Crippen molar-refractivity contribution in [3.63, 3.8) is 0 Å². The van der Waals surface area contributed by atoms with Gasteiger partial charge in [0.15, 0.2) is 9.84 Å². The van der Waals surface area contributed by atoms with Crippen LogP contribution >= 0.6 is 0 Å². The third kappa shape index (κ3) is 3.45. The molecule has 3 aliphatic rings. The molecular weight excluding hydrogens is 365 g/mol. The number of anilines is 1. The summed E-state index contributed by atoms with van der Waals surface area (Å²) in [5, 5.41) is 0. The van der Waals surface area contributed by atoms with E-state index in [2.05, 4.69) is 9.80 Å². The Labute approximate surface area is 151 Å². The van der Waals surface area contributed by atoms with Gasteiger partial charge < -0.3 is 4.90 Å². The number of likely N-dealkylation sites (tertiary alicyclic amines) is 1. The Morgan fingerprint density at radius 3 is 2.38 bits per heavy atom. The van der Waals surface area contributed by atoms with Crippen LogP contribution in [0.4, 0.5) is 18.9 Å². The van der Waals surface area contributed by atoms with Gasteiger partial charge in [0.1, 0.15) is 0 Å². The molecule has 1 spiro atoms. The molecule has 4 rings (SSSR count). The summed E-state index contributed by atoms with van der Waals surface area (Å²) in [6.07, 6.45) is -1.33. The quantitative estimate of drug-likeness (QED) is 0.781. The standard InChI is InChI=1S/C18H23F3N2O2S/c19-18(20,21)14-3-5-15(6-4-14)22-8-1-2-16(10-22)23-9-7-17(11-23)12-26(24,25)13-17/h3-6,16H,1-2,7-13H2. The summed E-state index contributed by atoms with van der Waals surface area (Å²) in [5.41, 5.74) is 0.153. The number of rotatable bonds is 2. The highest BCUT2D eigenvalue weighted by molar-refractivity contribution is 7.92. The van der Waals surface area contributed by atoms with E-state index in [-0.39, 0.29) is 5.41 Å². The first-order valence-electron chi connectivity index (χ1n) is 9.03. The lowest BCUT2D eigenvalue weighted by Crippen LogP contribution is -2.53. The zero-order valence-electron chi connectivity index (χ0n) is 14.5. The van der Waals surface area contributed by atoms with Gasteiger partial charge in [-0.25, -0.2) is 8.42 Å². The van der Waals surface area contributed by atoms with Gasteiger partial charge >= 0.3 is 6.18 Å². The first kappa shape index (κ1) is 18.1. The highest BCUT2D eigenvalue weighted by atomic mass is 32.2. The summed E-state index contributed by atoms with van der Waals surface area (Å²) in [6.45, 7) is 3.38.